The monoisotopic (exact) mass is 539 g/mol. The lowest BCUT2D eigenvalue weighted by atomic mass is 10.4. The molecule has 35 heavy (non-hydrogen) atoms. The van der Waals surface area contributed by atoms with Crippen LogP contribution in [0.15, 0.2) is 0 Å². The highest BCUT2D eigenvalue weighted by Crippen LogP contribution is 2.39. The molecule has 0 N–H and O–H groups in total. The Bertz CT molecular complexity index is 423. The second-order valence-electron chi connectivity index (χ2n) is 8.97. The molecule has 3 unspecified atom stereocenters. The third-order valence-electron chi connectivity index (χ3n) is 5.75. The summed E-state index contributed by atoms with van der Waals surface area (Å²) in [6.45, 7) is 23.1. The van der Waals surface area contributed by atoms with Crippen LogP contribution < -0.4 is 0 Å². The fraction of sp³-hybridized carbons (Fsp3) is 1.00. The van der Waals surface area contributed by atoms with Gasteiger partial charge in [0.15, 0.2) is 11.1 Å². The van der Waals surface area contributed by atoms with Crippen LogP contribution in [0.5, 0.6) is 0 Å². The topological polar surface area (TPSA) is 49.4 Å². The molecule has 0 saturated heterocycles. The lowest BCUT2D eigenvalue weighted by Gasteiger charge is -2.36. The van der Waals surface area contributed by atoms with Gasteiger partial charge in [-0.15, -0.1) is 0 Å². The molecule has 0 spiro atoms. The largest absolute Gasteiger partial charge is 0.363 e. The summed E-state index contributed by atoms with van der Waals surface area (Å²) >= 11 is 0. The molecule has 0 amide bonds. The smallest absolute Gasteiger partial charge is 0.183 e. The first kappa shape index (κ1) is 35.6. The first-order valence-electron chi connectivity index (χ1n) is 14.3. The summed E-state index contributed by atoms with van der Waals surface area (Å²) in [5.74, 6) is 0. The summed E-state index contributed by atoms with van der Waals surface area (Å²) in [5, 5.41) is 0. The maximum absolute atomic E-state index is 6.26. The van der Waals surface area contributed by atoms with E-state index in [1.807, 2.05) is 0 Å². The van der Waals surface area contributed by atoms with Gasteiger partial charge in [-0.05, 0) is 51.4 Å². The molecular formula is C27H59NO5P2. The van der Waals surface area contributed by atoms with Crippen molar-refractivity contribution in [2.24, 2.45) is 0 Å². The molecule has 212 valence electrons. The molecule has 0 rings (SSSR count). The molecule has 0 aromatic rings. The Balaban J connectivity index is 5.16. The van der Waals surface area contributed by atoms with Gasteiger partial charge in [-0.2, -0.15) is 0 Å². The molecule has 0 saturated carbocycles. The van der Waals surface area contributed by atoms with Crippen molar-refractivity contribution < 1.29 is 23.7 Å². The van der Waals surface area contributed by atoms with E-state index in [4.69, 9.17) is 23.7 Å². The van der Waals surface area contributed by atoms with Crippen molar-refractivity contribution in [3.05, 3.63) is 0 Å². The molecule has 0 fully saturated rings. The van der Waals surface area contributed by atoms with Crippen molar-refractivity contribution in [3.63, 3.8) is 0 Å². The van der Waals surface area contributed by atoms with Crippen molar-refractivity contribution in [3.8, 4) is 0 Å². The number of ether oxygens (including phenoxy) is 5. The molecule has 0 aliphatic rings. The third kappa shape index (κ3) is 15.6. The quantitative estimate of drug-likeness (QED) is 0.0852. The van der Waals surface area contributed by atoms with E-state index in [9.17, 15) is 0 Å². The molecule has 0 aliphatic heterocycles. The minimum Gasteiger partial charge on any atom is -0.363 e. The fourth-order valence-electron chi connectivity index (χ4n) is 3.66. The van der Waals surface area contributed by atoms with Crippen molar-refractivity contribution >= 4 is 17.2 Å². The Kier molecular flexibility index (Phi) is 23.0. The van der Waals surface area contributed by atoms with E-state index in [1.165, 1.54) is 0 Å². The molecular weight excluding hydrogens is 480 g/mol. The summed E-state index contributed by atoms with van der Waals surface area (Å²) in [6.07, 6.45) is 9.03. The zero-order valence-electron chi connectivity index (χ0n) is 24.4. The lowest BCUT2D eigenvalue weighted by molar-refractivity contribution is -0.175. The molecule has 3 atom stereocenters. The van der Waals surface area contributed by atoms with Crippen molar-refractivity contribution in [2.75, 3.05) is 58.4 Å². The van der Waals surface area contributed by atoms with Crippen LogP contribution in [-0.4, -0.2) is 80.6 Å². The summed E-state index contributed by atoms with van der Waals surface area (Å²) < 4.78 is 31.2. The van der Waals surface area contributed by atoms with Crippen LogP contribution in [-0.2, 0) is 23.7 Å². The van der Waals surface area contributed by atoms with Crippen molar-refractivity contribution in [1.82, 2.24) is 4.90 Å². The normalized spacial score (nSPS) is 14.3. The van der Waals surface area contributed by atoms with E-state index >= 15 is 0 Å². The fourth-order valence-corrected chi connectivity index (χ4v) is 6.54. The van der Waals surface area contributed by atoms with E-state index in [0.717, 1.165) is 103 Å². The molecule has 0 radical (unpaired) electrons. The Morgan fingerprint density at radius 1 is 0.571 bits per heavy atom. The first-order chi connectivity index (χ1) is 16.9. The zero-order valence-corrected chi connectivity index (χ0v) is 26.4. The Hall–Kier alpha value is 0.620. The minimum atomic E-state index is -0.438. The average Bonchev–Trinajstić information content (AvgIpc) is 2.89. The van der Waals surface area contributed by atoms with Crippen LogP contribution in [0.25, 0.3) is 0 Å². The van der Waals surface area contributed by atoms with E-state index in [2.05, 4.69) is 60.3 Å². The molecule has 0 bridgehead atoms. The van der Waals surface area contributed by atoms with E-state index in [0.29, 0.717) is 17.2 Å². The van der Waals surface area contributed by atoms with Gasteiger partial charge in [0.2, 0.25) is 0 Å². The SMILES string of the molecule is CCCOC(C)N(CCPC(CC)(OCCC)OCCC)CCPC(CC)(OCCC)OCCC. The second kappa shape index (κ2) is 22.6. The molecule has 0 aliphatic carbocycles. The molecule has 6 nitrogen and oxygen atoms in total. The van der Waals surface area contributed by atoms with Gasteiger partial charge in [-0.3, -0.25) is 4.90 Å². The summed E-state index contributed by atoms with van der Waals surface area (Å²) in [7, 11) is 1.21. The van der Waals surface area contributed by atoms with E-state index < -0.39 is 11.1 Å². The lowest BCUT2D eigenvalue weighted by Crippen LogP contribution is -2.40. The van der Waals surface area contributed by atoms with Gasteiger partial charge in [0.25, 0.3) is 0 Å². The Morgan fingerprint density at radius 3 is 1.20 bits per heavy atom. The predicted octanol–water partition coefficient (Wildman–Crippen LogP) is 7.25. The van der Waals surface area contributed by atoms with Gasteiger partial charge in [0.1, 0.15) is 6.23 Å². The number of hydrogen-bond donors (Lipinski definition) is 0. The van der Waals surface area contributed by atoms with Gasteiger partial charge in [-0.25, -0.2) is 0 Å². The maximum atomic E-state index is 6.26. The Morgan fingerprint density at radius 2 is 0.914 bits per heavy atom. The van der Waals surface area contributed by atoms with E-state index in [1.54, 1.807) is 0 Å². The summed E-state index contributed by atoms with van der Waals surface area (Å²) in [4.78, 5) is 2.48. The summed E-state index contributed by atoms with van der Waals surface area (Å²) in [5.41, 5.74) is -0.876. The maximum Gasteiger partial charge on any atom is 0.183 e. The van der Waals surface area contributed by atoms with Gasteiger partial charge >= 0.3 is 0 Å². The Labute approximate surface area is 221 Å². The van der Waals surface area contributed by atoms with Gasteiger partial charge < -0.3 is 23.7 Å². The van der Waals surface area contributed by atoms with Crippen LogP contribution in [0.2, 0.25) is 0 Å². The van der Waals surface area contributed by atoms with Crippen LogP contribution in [0.4, 0.5) is 0 Å². The second-order valence-corrected chi connectivity index (χ2v) is 12.2. The minimum absolute atomic E-state index is 0.0952. The molecule has 0 heterocycles. The molecule has 0 aromatic heterocycles. The number of hydrogen-bond acceptors (Lipinski definition) is 6. The first-order valence-corrected chi connectivity index (χ1v) is 16.7. The number of rotatable bonds is 26. The van der Waals surface area contributed by atoms with Crippen molar-refractivity contribution in [1.29, 1.82) is 0 Å². The van der Waals surface area contributed by atoms with Gasteiger partial charge in [0.05, 0.1) is 26.4 Å². The third-order valence-corrected chi connectivity index (χ3v) is 9.06. The van der Waals surface area contributed by atoms with Gasteiger partial charge in [0, 0.05) is 32.5 Å². The number of nitrogens with zero attached hydrogens (tertiary/aromatic N) is 1. The van der Waals surface area contributed by atoms with Crippen LogP contribution in [0.3, 0.4) is 0 Å². The average molecular weight is 540 g/mol. The van der Waals surface area contributed by atoms with E-state index in [-0.39, 0.29) is 6.23 Å². The van der Waals surface area contributed by atoms with Crippen molar-refractivity contribution in [2.45, 2.75) is 118 Å². The highest BCUT2D eigenvalue weighted by molar-refractivity contribution is 7.39. The van der Waals surface area contributed by atoms with Crippen LogP contribution >= 0.6 is 17.2 Å². The zero-order chi connectivity index (χ0) is 26.4. The van der Waals surface area contributed by atoms with Gasteiger partial charge in [-0.1, -0.05) is 65.6 Å². The van der Waals surface area contributed by atoms with Crippen LogP contribution in [0.1, 0.15) is 100 Å². The summed E-state index contributed by atoms with van der Waals surface area (Å²) in [6, 6.07) is 0. The highest BCUT2D eigenvalue weighted by Gasteiger charge is 2.31. The highest BCUT2D eigenvalue weighted by atomic mass is 31.1. The standard InChI is InChI=1S/C27H59NO5P2/c1-9-18-29-25(8)28(16-23-34-26(14-6,30-19-10-2)31-20-11-3)17-24-35-27(15-7,32-21-12-4)33-22-13-5/h25,34-35H,9-24H2,1-8H3. The predicted molar refractivity (Wildman–Crippen MR) is 155 cm³/mol. The molecule has 0 aromatic carbocycles. The van der Waals surface area contributed by atoms with Crippen LogP contribution in [0, 0.1) is 0 Å². The molecule has 8 heteroatoms.